The molecule has 1 saturated carbocycles. The van der Waals surface area contributed by atoms with Crippen LogP contribution in [0.3, 0.4) is 0 Å². The first-order chi connectivity index (χ1) is 21.0. The average Bonchev–Trinajstić information content (AvgIpc) is 3.53. The molecule has 1 aromatic carbocycles. The number of piperidine rings is 1. The number of amides is 5. The molecule has 2 aromatic rings. The quantitative estimate of drug-likeness (QED) is 0.321. The molecule has 12 nitrogen and oxygen atoms in total. The Morgan fingerprint density at radius 2 is 1.80 bits per heavy atom. The first-order valence-corrected chi connectivity index (χ1v) is 15.7. The van der Waals surface area contributed by atoms with Crippen molar-refractivity contribution in [1.82, 2.24) is 20.1 Å². The highest BCUT2D eigenvalue weighted by molar-refractivity contribution is 6.01. The fourth-order valence-corrected chi connectivity index (χ4v) is 7.54. The summed E-state index contributed by atoms with van der Waals surface area (Å²) in [5.41, 5.74) is 12.0. The number of hydrogen-bond donors (Lipinski definition) is 4. The van der Waals surface area contributed by atoms with Gasteiger partial charge in [-0.2, -0.15) is 0 Å². The van der Waals surface area contributed by atoms with Gasteiger partial charge in [-0.1, -0.05) is 38.2 Å². The van der Waals surface area contributed by atoms with Gasteiger partial charge in [0, 0.05) is 36.9 Å². The van der Waals surface area contributed by atoms with Gasteiger partial charge in [0.25, 0.3) is 5.91 Å². The third-order valence-corrected chi connectivity index (χ3v) is 9.95. The monoisotopic (exact) mass is 608 g/mol. The maximum Gasteiger partial charge on any atom is 0.265 e. The van der Waals surface area contributed by atoms with Crippen LogP contribution in [0.2, 0.25) is 0 Å². The van der Waals surface area contributed by atoms with Gasteiger partial charge in [0.05, 0.1) is 12.6 Å². The molecule has 2 saturated heterocycles. The molecule has 5 amide bonds. The largest absolute Gasteiger partial charge is 0.496 e. The van der Waals surface area contributed by atoms with Gasteiger partial charge in [-0.25, -0.2) is 0 Å². The zero-order chi connectivity index (χ0) is 31.6. The van der Waals surface area contributed by atoms with E-state index in [0.717, 1.165) is 32.1 Å². The summed E-state index contributed by atoms with van der Waals surface area (Å²) in [5.74, 6) is -1.77. The number of nitrogens with zero attached hydrogens (tertiary/aromatic N) is 2. The van der Waals surface area contributed by atoms with Gasteiger partial charge in [0.1, 0.15) is 23.5 Å². The van der Waals surface area contributed by atoms with Crippen molar-refractivity contribution in [2.24, 2.45) is 23.3 Å². The number of aromatic nitrogens is 1. The van der Waals surface area contributed by atoms with E-state index in [4.69, 9.17) is 16.2 Å². The van der Waals surface area contributed by atoms with Gasteiger partial charge in [0.15, 0.2) is 0 Å². The Labute approximate surface area is 257 Å². The molecule has 238 valence electrons. The van der Waals surface area contributed by atoms with Crippen LogP contribution in [-0.2, 0) is 19.2 Å². The number of fused-ring (bicyclic) bond motifs is 1. The minimum Gasteiger partial charge on any atom is -0.496 e. The highest BCUT2D eigenvalue weighted by Crippen LogP contribution is 2.38. The lowest BCUT2D eigenvalue weighted by atomic mass is 9.82. The SMILES string of the molecule is COc1cccc2c1cc(C(N)=O)n2[C@@H](CC1CCCCC1)C(=O)N[C@@H](CC1CC2(CCN(C(C)=O)CC2)NC1=O)C(N)=O. The van der Waals surface area contributed by atoms with E-state index in [9.17, 15) is 24.0 Å². The lowest BCUT2D eigenvalue weighted by Crippen LogP contribution is -2.51. The Kier molecular flexibility index (Phi) is 9.17. The molecule has 1 spiro atoms. The molecule has 3 fully saturated rings. The molecule has 3 aliphatic rings. The molecule has 3 atom stereocenters. The maximum absolute atomic E-state index is 14.2. The fourth-order valence-electron chi connectivity index (χ4n) is 7.54. The van der Waals surface area contributed by atoms with Crippen LogP contribution in [0, 0.1) is 11.8 Å². The van der Waals surface area contributed by atoms with Crippen molar-refractivity contribution >= 4 is 40.4 Å². The van der Waals surface area contributed by atoms with Crippen LogP contribution in [0.4, 0.5) is 0 Å². The van der Waals surface area contributed by atoms with Crippen molar-refractivity contribution in [3.8, 4) is 5.75 Å². The number of rotatable bonds is 10. The fraction of sp³-hybridized carbons (Fsp3) is 0.594. The number of likely N-dealkylation sites (tertiary alicyclic amines) is 1. The van der Waals surface area contributed by atoms with Crippen molar-refractivity contribution in [2.45, 2.75) is 88.8 Å². The van der Waals surface area contributed by atoms with Crippen LogP contribution in [0.25, 0.3) is 10.9 Å². The summed E-state index contributed by atoms with van der Waals surface area (Å²) in [6.45, 7) is 2.65. The number of benzene rings is 1. The number of methoxy groups -OCH3 is 1. The molecular formula is C32H44N6O6. The van der Waals surface area contributed by atoms with Crippen LogP contribution < -0.4 is 26.8 Å². The van der Waals surface area contributed by atoms with Crippen molar-refractivity contribution in [3.63, 3.8) is 0 Å². The van der Waals surface area contributed by atoms with Crippen LogP contribution in [0.15, 0.2) is 24.3 Å². The molecule has 5 rings (SSSR count). The second kappa shape index (κ2) is 12.9. The molecule has 12 heteroatoms. The first kappa shape index (κ1) is 31.3. The molecule has 1 aromatic heterocycles. The Morgan fingerprint density at radius 1 is 1.09 bits per heavy atom. The Hall–Kier alpha value is -4.09. The van der Waals surface area contributed by atoms with Crippen molar-refractivity contribution in [3.05, 3.63) is 30.0 Å². The summed E-state index contributed by atoms with van der Waals surface area (Å²) in [4.78, 5) is 66.3. The molecule has 3 heterocycles. The molecule has 0 bridgehead atoms. The van der Waals surface area contributed by atoms with E-state index in [-0.39, 0.29) is 29.8 Å². The zero-order valence-electron chi connectivity index (χ0n) is 25.6. The standard InChI is InChI=1S/C32H44N6O6/c1-19(39)37-13-11-32(12-14-37)18-21(30(42)36-32)16-23(28(33)40)35-31(43)26(15-20-7-4-3-5-8-20)38-24-9-6-10-27(44-2)22(24)17-25(38)29(34)41/h6,9-10,17,20-21,23,26H,3-5,7-8,11-16,18H2,1-2H3,(H2,33,40)(H2,34,41)(H,35,43)(H,36,42)/t21?,23-,26-/m0/s1. The number of nitrogens with two attached hydrogens (primary N) is 2. The number of carbonyl (C=O) groups is 5. The summed E-state index contributed by atoms with van der Waals surface area (Å²) >= 11 is 0. The summed E-state index contributed by atoms with van der Waals surface area (Å²) in [7, 11) is 1.54. The van der Waals surface area contributed by atoms with E-state index >= 15 is 0 Å². The first-order valence-electron chi connectivity index (χ1n) is 15.7. The van der Waals surface area contributed by atoms with Crippen molar-refractivity contribution < 1.29 is 28.7 Å². The number of carbonyl (C=O) groups excluding carboxylic acids is 5. The van der Waals surface area contributed by atoms with Crippen LogP contribution in [0.1, 0.15) is 87.7 Å². The zero-order valence-corrected chi connectivity index (χ0v) is 25.6. The van der Waals surface area contributed by atoms with E-state index in [1.165, 1.54) is 14.0 Å². The van der Waals surface area contributed by atoms with Crippen molar-refractivity contribution in [1.29, 1.82) is 0 Å². The normalized spacial score (nSPS) is 21.5. The summed E-state index contributed by atoms with van der Waals surface area (Å²) in [5, 5.41) is 6.63. The van der Waals surface area contributed by atoms with E-state index in [2.05, 4.69) is 10.6 Å². The predicted octanol–water partition coefficient (Wildman–Crippen LogP) is 2.14. The second-order valence-electron chi connectivity index (χ2n) is 12.8. The van der Waals surface area contributed by atoms with E-state index in [0.29, 0.717) is 55.4 Å². The second-order valence-corrected chi connectivity index (χ2v) is 12.8. The number of hydrogen-bond acceptors (Lipinski definition) is 6. The van der Waals surface area contributed by atoms with E-state index in [1.54, 1.807) is 27.7 Å². The van der Waals surface area contributed by atoms with Gasteiger partial charge in [0.2, 0.25) is 23.6 Å². The number of primary amides is 2. The topological polar surface area (TPSA) is 179 Å². The lowest BCUT2D eigenvalue weighted by molar-refractivity contribution is -0.131. The Balaban J connectivity index is 1.40. The van der Waals surface area contributed by atoms with Gasteiger partial charge in [-0.3, -0.25) is 24.0 Å². The highest BCUT2D eigenvalue weighted by atomic mass is 16.5. The molecule has 44 heavy (non-hydrogen) atoms. The lowest BCUT2D eigenvalue weighted by Gasteiger charge is -2.39. The molecular weight excluding hydrogens is 564 g/mol. The molecule has 2 aliphatic heterocycles. The number of nitrogens with one attached hydrogen (secondary N) is 2. The van der Waals surface area contributed by atoms with E-state index < -0.39 is 41.3 Å². The molecule has 6 N–H and O–H groups in total. The average molecular weight is 609 g/mol. The Bertz CT molecular complexity index is 1440. The minimum atomic E-state index is -1.09. The van der Waals surface area contributed by atoms with Crippen molar-refractivity contribution in [2.75, 3.05) is 20.2 Å². The van der Waals surface area contributed by atoms with Crippen LogP contribution >= 0.6 is 0 Å². The van der Waals surface area contributed by atoms with E-state index in [1.807, 2.05) is 6.07 Å². The molecule has 1 aliphatic carbocycles. The summed E-state index contributed by atoms with van der Waals surface area (Å²) in [6, 6.07) is 5.10. The van der Waals surface area contributed by atoms with Gasteiger partial charge >= 0.3 is 0 Å². The summed E-state index contributed by atoms with van der Waals surface area (Å²) < 4.78 is 7.20. The maximum atomic E-state index is 14.2. The van der Waals surface area contributed by atoms with Gasteiger partial charge in [-0.05, 0) is 56.2 Å². The van der Waals surface area contributed by atoms with Gasteiger partial charge < -0.3 is 36.3 Å². The minimum absolute atomic E-state index is 0.00779. The predicted molar refractivity (Wildman–Crippen MR) is 163 cm³/mol. The third kappa shape index (κ3) is 6.39. The smallest absolute Gasteiger partial charge is 0.265 e. The molecule has 0 radical (unpaired) electrons. The van der Waals surface area contributed by atoms with Gasteiger partial charge in [-0.15, -0.1) is 0 Å². The molecule has 1 unspecified atom stereocenters. The Morgan fingerprint density at radius 3 is 2.41 bits per heavy atom. The van der Waals surface area contributed by atoms with Crippen LogP contribution in [0.5, 0.6) is 5.75 Å². The van der Waals surface area contributed by atoms with Crippen LogP contribution in [-0.4, -0.2) is 70.8 Å². The number of ether oxygens (including phenoxy) is 1. The summed E-state index contributed by atoms with van der Waals surface area (Å²) in [6.07, 6.45) is 7.47. The third-order valence-electron chi connectivity index (χ3n) is 9.95. The highest BCUT2D eigenvalue weighted by Gasteiger charge is 2.47.